The molecule has 1 heterocycles. The van der Waals surface area contributed by atoms with Crippen molar-refractivity contribution in [3.63, 3.8) is 0 Å². The second-order valence-electron chi connectivity index (χ2n) is 5.24. The third kappa shape index (κ3) is 3.70. The number of carbonyl (C=O) groups excluding carboxylic acids is 2. The number of benzene rings is 1. The molecule has 8 heteroatoms. The number of hydrogen-bond donors (Lipinski definition) is 1. The van der Waals surface area contributed by atoms with E-state index in [1.165, 1.54) is 37.5 Å². The Morgan fingerprint density at radius 3 is 2.31 bits per heavy atom. The number of aromatic carboxylic acids is 1. The van der Waals surface area contributed by atoms with Crippen LogP contribution in [0.5, 0.6) is 0 Å². The second-order valence-corrected chi connectivity index (χ2v) is 6.09. The van der Waals surface area contributed by atoms with Gasteiger partial charge in [-0.2, -0.15) is 0 Å². The lowest BCUT2D eigenvalue weighted by molar-refractivity contribution is -0.139. The van der Waals surface area contributed by atoms with Crippen molar-refractivity contribution < 1.29 is 29.0 Å². The summed E-state index contributed by atoms with van der Waals surface area (Å²) in [4.78, 5) is 37.4. The topological polar surface area (TPSA) is 93.1 Å². The molecule has 1 aromatic rings. The summed E-state index contributed by atoms with van der Waals surface area (Å²) in [5.74, 6) is -2.60. The highest BCUT2D eigenvalue weighted by atomic mass is 79.9. The summed E-state index contributed by atoms with van der Waals surface area (Å²) in [5.41, 5.74) is 0.855. The van der Waals surface area contributed by atoms with Gasteiger partial charge in [-0.05, 0) is 52.7 Å². The number of rotatable bonds is 4. The normalized spacial score (nSPS) is 13.5. The van der Waals surface area contributed by atoms with E-state index < -0.39 is 17.9 Å². The number of nitrogens with zero attached hydrogens (tertiary/aromatic N) is 1. The van der Waals surface area contributed by atoms with Crippen LogP contribution in [-0.4, -0.2) is 37.2 Å². The zero-order chi connectivity index (χ0) is 19.4. The van der Waals surface area contributed by atoms with Gasteiger partial charge in [0, 0.05) is 10.7 Å². The molecular weight excluding hydrogens is 406 g/mol. The van der Waals surface area contributed by atoms with Crippen LogP contribution in [0.4, 0.5) is 5.69 Å². The molecule has 1 aromatic carbocycles. The molecule has 136 valence electrons. The maximum absolute atomic E-state index is 12.4. The average Bonchev–Trinajstić information content (AvgIpc) is 2.83. The summed E-state index contributed by atoms with van der Waals surface area (Å²) >= 11 is 3.38. The van der Waals surface area contributed by atoms with E-state index in [0.29, 0.717) is 15.7 Å². The molecule has 0 bridgehead atoms. The van der Waals surface area contributed by atoms with Crippen molar-refractivity contribution in [2.75, 3.05) is 19.1 Å². The molecule has 0 fully saturated rings. The van der Waals surface area contributed by atoms with Crippen molar-refractivity contribution in [1.82, 2.24) is 0 Å². The van der Waals surface area contributed by atoms with Gasteiger partial charge in [0.2, 0.25) is 0 Å². The molecule has 26 heavy (non-hydrogen) atoms. The Kier molecular flexibility index (Phi) is 5.99. The smallest absolute Gasteiger partial charge is 0.355 e. The Morgan fingerprint density at radius 1 is 1.08 bits per heavy atom. The lowest BCUT2D eigenvalue weighted by Crippen LogP contribution is -2.27. The van der Waals surface area contributed by atoms with Crippen molar-refractivity contribution in [3.8, 4) is 0 Å². The van der Waals surface area contributed by atoms with Gasteiger partial charge in [-0.25, -0.2) is 14.4 Å². The van der Waals surface area contributed by atoms with Crippen LogP contribution in [0.3, 0.4) is 0 Å². The average molecular weight is 422 g/mol. The fourth-order valence-corrected chi connectivity index (χ4v) is 3.08. The van der Waals surface area contributed by atoms with Crippen LogP contribution in [0.15, 0.2) is 52.3 Å². The lowest BCUT2D eigenvalue weighted by Gasteiger charge is -2.25. The third-order valence-electron chi connectivity index (χ3n) is 3.67. The molecule has 7 nitrogen and oxygen atoms in total. The number of carboxylic acids is 1. The molecular formula is C18H16BrNO6. The van der Waals surface area contributed by atoms with Crippen LogP contribution in [0, 0.1) is 6.92 Å². The van der Waals surface area contributed by atoms with Gasteiger partial charge in [0.15, 0.2) is 0 Å². The molecule has 0 saturated carbocycles. The number of allylic oxidation sites excluding steroid dienone is 2. The number of hydrogen-bond acceptors (Lipinski definition) is 6. The molecule has 1 aliphatic rings. The Morgan fingerprint density at radius 2 is 1.73 bits per heavy atom. The quantitative estimate of drug-likeness (QED) is 0.746. The van der Waals surface area contributed by atoms with Crippen molar-refractivity contribution in [3.05, 3.63) is 63.4 Å². The van der Waals surface area contributed by atoms with Gasteiger partial charge in [-0.3, -0.25) is 0 Å². The van der Waals surface area contributed by atoms with E-state index in [4.69, 9.17) is 9.47 Å². The third-order valence-corrected chi connectivity index (χ3v) is 4.31. The van der Waals surface area contributed by atoms with Crippen LogP contribution in [0.1, 0.15) is 15.9 Å². The number of halogens is 1. The summed E-state index contributed by atoms with van der Waals surface area (Å²) in [6.45, 7) is 1.66. The summed E-state index contributed by atoms with van der Waals surface area (Å²) in [6.07, 6.45) is 6.12. The highest BCUT2D eigenvalue weighted by molar-refractivity contribution is 9.10. The molecule has 1 aliphatic heterocycles. The molecule has 0 saturated heterocycles. The Balaban J connectivity index is 2.77. The molecule has 0 aliphatic carbocycles. The summed E-state index contributed by atoms with van der Waals surface area (Å²) in [6, 6.07) is 3.03. The molecule has 2 rings (SSSR count). The highest BCUT2D eigenvalue weighted by Gasteiger charge is 2.29. The zero-order valence-corrected chi connectivity index (χ0v) is 15.9. The van der Waals surface area contributed by atoms with E-state index in [2.05, 4.69) is 15.9 Å². The maximum atomic E-state index is 12.4. The lowest BCUT2D eigenvalue weighted by atomic mass is 10.1. The van der Waals surface area contributed by atoms with E-state index >= 15 is 0 Å². The van der Waals surface area contributed by atoms with E-state index in [0.717, 1.165) is 0 Å². The fraction of sp³-hybridized carbons (Fsp3) is 0.167. The Hall–Kier alpha value is -2.87. The van der Waals surface area contributed by atoms with E-state index in [-0.39, 0.29) is 16.8 Å². The van der Waals surface area contributed by atoms with Crippen molar-refractivity contribution in [2.45, 2.75) is 6.92 Å². The van der Waals surface area contributed by atoms with Crippen LogP contribution in [-0.2, 0) is 19.1 Å². The molecule has 0 amide bonds. The first-order valence-electron chi connectivity index (χ1n) is 7.40. The fourth-order valence-electron chi connectivity index (χ4n) is 2.43. The first-order valence-corrected chi connectivity index (χ1v) is 8.19. The van der Waals surface area contributed by atoms with Crippen LogP contribution < -0.4 is 4.90 Å². The van der Waals surface area contributed by atoms with Crippen LogP contribution in [0.2, 0.25) is 0 Å². The maximum Gasteiger partial charge on any atom is 0.355 e. The van der Waals surface area contributed by atoms with E-state index in [9.17, 15) is 19.5 Å². The number of carboxylic acid groups (broad SMARTS) is 1. The number of anilines is 1. The van der Waals surface area contributed by atoms with Gasteiger partial charge >= 0.3 is 17.9 Å². The molecule has 0 radical (unpaired) electrons. The SMILES string of the molecule is COC(=O)C1=C(C(=O)OC)N(c2cc(C(=O)O)c(C)cc2Br)C=CC=C1. The predicted molar refractivity (Wildman–Crippen MR) is 97.7 cm³/mol. The monoisotopic (exact) mass is 421 g/mol. The minimum atomic E-state index is -1.11. The van der Waals surface area contributed by atoms with Crippen LogP contribution in [0.25, 0.3) is 0 Å². The summed E-state index contributed by atoms with van der Waals surface area (Å²) in [5, 5.41) is 9.39. The molecule has 0 atom stereocenters. The Bertz CT molecular complexity index is 869. The second kappa shape index (κ2) is 8.01. The van der Waals surface area contributed by atoms with Gasteiger partial charge in [0.1, 0.15) is 5.70 Å². The molecule has 0 spiro atoms. The van der Waals surface area contributed by atoms with Crippen molar-refractivity contribution >= 4 is 39.5 Å². The molecule has 0 unspecified atom stereocenters. The van der Waals surface area contributed by atoms with Gasteiger partial charge in [-0.15, -0.1) is 0 Å². The predicted octanol–water partition coefficient (Wildman–Crippen LogP) is 2.95. The zero-order valence-electron chi connectivity index (χ0n) is 14.3. The number of carbonyl (C=O) groups is 3. The number of aryl methyl sites for hydroxylation is 1. The van der Waals surface area contributed by atoms with Gasteiger partial charge in [-0.1, -0.05) is 6.08 Å². The summed E-state index contributed by atoms with van der Waals surface area (Å²) in [7, 11) is 2.39. The highest BCUT2D eigenvalue weighted by Crippen LogP contribution is 2.34. The molecule has 1 N–H and O–H groups in total. The Labute approximate surface area is 158 Å². The minimum absolute atomic E-state index is 0.0197. The number of methoxy groups -OCH3 is 2. The van der Waals surface area contributed by atoms with E-state index in [1.807, 2.05) is 0 Å². The summed E-state index contributed by atoms with van der Waals surface area (Å²) < 4.78 is 10.1. The number of esters is 2. The number of ether oxygens (including phenoxy) is 2. The van der Waals surface area contributed by atoms with Crippen LogP contribution >= 0.6 is 15.9 Å². The van der Waals surface area contributed by atoms with Crippen molar-refractivity contribution in [1.29, 1.82) is 0 Å². The van der Waals surface area contributed by atoms with Gasteiger partial charge in [0.05, 0.1) is 31.0 Å². The van der Waals surface area contributed by atoms with E-state index in [1.54, 1.807) is 25.1 Å². The van der Waals surface area contributed by atoms with Gasteiger partial charge < -0.3 is 19.5 Å². The minimum Gasteiger partial charge on any atom is -0.478 e. The first-order chi connectivity index (χ1) is 12.3. The first kappa shape index (κ1) is 19.5. The van der Waals surface area contributed by atoms with Gasteiger partial charge in [0.25, 0.3) is 0 Å². The largest absolute Gasteiger partial charge is 0.478 e. The van der Waals surface area contributed by atoms with Crippen molar-refractivity contribution in [2.24, 2.45) is 0 Å². The molecule has 0 aromatic heterocycles. The standard InChI is InChI=1S/C18H16BrNO6/c1-10-8-13(19)14(9-12(10)16(21)22)20-7-5-4-6-11(17(23)25-2)15(20)18(24)26-3/h4-9H,1-3H3,(H,21,22).